The summed E-state index contributed by atoms with van der Waals surface area (Å²) in [7, 11) is 0. The van der Waals surface area contributed by atoms with Crippen LogP contribution in [0, 0.1) is 5.82 Å². The fraction of sp³-hybridized carbons (Fsp3) is 0.364. The van der Waals surface area contributed by atoms with Gasteiger partial charge in [-0.05, 0) is 13.0 Å². The van der Waals surface area contributed by atoms with Gasteiger partial charge in [0.15, 0.2) is 0 Å². The van der Waals surface area contributed by atoms with Gasteiger partial charge < -0.3 is 10.3 Å². The van der Waals surface area contributed by atoms with E-state index in [9.17, 15) is 17.6 Å². The summed E-state index contributed by atoms with van der Waals surface area (Å²) in [6, 6.07) is 1.29. The van der Waals surface area contributed by atoms with E-state index in [0.29, 0.717) is 0 Å². The smallest absolute Gasteiger partial charge is 0.369 e. The number of halogens is 5. The van der Waals surface area contributed by atoms with E-state index < -0.39 is 24.5 Å². The molecule has 2 N–H and O–H groups in total. The van der Waals surface area contributed by atoms with Crippen LogP contribution in [0.4, 0.5) is 23.5 Å². The number of aromatic nitrogens is 2. The van der Waals surface area contributed by atoms with Gasteiger partial charge in [0.1, 0.15) is 5.82 Å². The van der Waals surface area contributed by atoms with Crippen LogP contribution in [0.1, 0.15) is 19.4 Å². The van der Waals surface area contributed by atoms with Gasteiger partial charge in [-0.3, -0.25) is 0 Å². The largest absolute Gasteiger partial charge is 0.391 e. The number of anilines is 1. The van der Waals surface area contributed by atoms with E-state index in [1.165, 1.54) is 13.0 Å². The molecule has 104 valence electrons. The third-order valence-corrected chi connectivity index (χ3v) is 3.02. The zero-order chi connectivity index (χ0) is 14.4. The van der Waals surface area contributed by atoms with Crippen molar-refractivity contribution in [3.05, 3.63) is 23.0 Å². The summed E-state index contributed by atoms with van der Waals surface area (Å²) in [6.45, 7) is 1.34. The van der Waals surface area contributed by atoms with Crippen LogP contribution in [-0.4, -0.2) is 15.7 Å². The molecule has 1 aromatic carbocycles. The number of nitrogens with two attached hydrogens (primary N) is 1. The first-order chi connectivity index (χ1) is 8.69. The average Bonchev–Trinajstić information content (AvgIpc) is 2.52. The van der Waals surface area contributed by atoms with Crippen molar-refractivity contribution in [3.63, 3.8) is 0 Å². The molecular weight excluding hydrogens is 286 g/mol. The lowest BCUT2D eigenvalue weighted by molar-refractivity contribution is -0.141. The lowest BCUT2D eigenvalue weighted by Crippen LogP contribution is -2.17. The van der Waals surface area contributed by atoms with Crippen LogP contribution in [0.5, 0.6) is 0 Å². The Morgan fingerprint density at radius 1 is 1.42 bits per heavy atom. The molecule has 0 aliphatic rings. The number of nitrogens with zero attached hydrogens (tertiary/aromatic N) is 2. The van der Waals surface area contributed by atoms with E-state index in [1.807, 2.05) is 0 Å². The lowest BCUT2D eigenvalue weighted by Gasteiger charge is -2.17. The second-order valence-electron chi connectivity index (χ2n) is 4.26. The summed E-state index contributed by atoms with van der Waals surface area (Å²) in [5.74, 6) is -0.831. The molecule has 1 heterocycles. The molecule has 3 nitrogen and oxygen atoms in total. The monoisotopic (exact) mass is 295 g/mol. The number of fused-ring (bicyclic) bond motifs is 1. The average molecular weight is 296 g/mol. The van der Waals surface area contributed by atoms with E-state index in [2.05, 4.69) is 4.98 Å². The van der Waals surface area contributed by atoms with E-state index in [0.717, 1.165) is 10.6 Å². The molecule has 8 heteroatoms. The fourth-order valence-electron chi connectivity index (χ4n) is 2.00. The highest BCUT2D eigenvalue weighted by atomic mass is 35.5. The Hall–Kier alpha value is -1.50. The molecule has 0 fully saturated rings. The first-order valence-electron chi connectivity index (χ1n) is 5.38. The van der Waals surface area contributed by atoms with Crippen molar-refractivity contribution in [1.29, 1.82) is 0 Å². The molecule has 0 bridgehead atoms. The molecular formula is C11H10ClF4N3. The minimum absolute atomic E-state index is 0.103. The van der Waals surface area contributed by atoms with Crippen LogP contribution < -0.4 is 5.73 Å². The van der Waals surface area contributed by atoms with Gasteiger partial charge in [-0.2, -0.15) is 13.2 Å². The van der Waals surface area contributed by atoms with E-state index in [-0.39, 0.29) is 22.0 Å². The highest BCUT2D eigenvalue weighted by Crippen LogP contribution is 2.33. The highest BCUT2D eigenvalue weighted by Gasteiger charge is 2.32. The minimum atomic E-state index is -4.34. The van der Waals surface area contributed by atoms with Crippen LogP contribution in [0.15, 0.2) is 12.1 Å². The number of hydrogen-bond acceptors (Lipinski definition) is 2. The summed E-state index contributed by atoms with van der Waals surface area (Å²) in [6.07, 6.45) is -5.42. The Kier molecular flexibility index (Phi) is 3.34. The summed E-state index contributed by atoms with van der Waals surface area (Å²) >= 11 is 5.59. The molecule has 1 aromatic heterocycles. The summed E-state index contributed by atoms with van der Waals surface area (Å²) in [5, 5.41) is -0.152. The topological polar surface area (TPSA) is 43.8 Å². The van der Waals surface area contributed by atoms with Crippen LogP contribution in [-0.2, 0) is 0 Å². The van der Waals surface area contributed by atoms with Crippen molar-refractivity contribution in [2.24, 2.45) is 0 Å². The first kappa shape index (κ1) is 13.9. The Labute approximate surface area is 111 Å². The van der Waals surface area contributed by atoms with E-state index in [4.69, 9.17) is 17.3 Å². The lowest BCUT2D eigenvalue weighted by atomic mass is 10.2. The quantitative estimate of drug-likeness (QED) is 0.853. The molecule has 0 amide bonds. The van der Waals surface area contributed by atoms with E-state index >= 15 is 0 Å². The third-order valence-electron chi connectivity index (χ3n) is 2.73. The second-order valence-corrected chi connectivity index (χ2v) is 4.67. The molecule has 0 spiro atoms. The maximum atomic E-state index is 13.4. The van der Waals surface area contributed by atoms with Crippen molar-refractivity contribution in [2.45, 2.75) is 25.6 Å². The van der Waals surface area contributed by atoms with Crippen molar-refractivity contribution in [3.8, 4) is 0 Å². The molecule has 2 aromatic rings. The standard InChI is InChI=1S/C11H10ClF4N3/c1-5(4-11(14,15)16)19-9-3-7(13)6(12)2-8(9)18-10(19)17/h2-3,5H,4H2,1H3,(H2,17,18). The Bertz CT molecular complexity index is 620. The zero-order valence-electron chi connectivity index (χ0n) is 9.80. The molecule has 0 saturated carbocycles. The van der Waals surface area contributed by atoms with Crippen molar-refractivity contribution < 1.29 is 17.6 Å². The number of imidazole rings is 1. The molecule has 19 heavy (non-hydrogen) atoms. The van der Waals surface area contributed by atoms with Crippen molar-refractivity contribution in [2.75, 3.05) is 5.73 Å². The fourth-order valence-corrected chi connectivity index (χ4v) is 2.16. The Balaban J connectivity index is 2.54. The van der Waals surface area contributed by atoms with Crippen LogP contribution in [0.2, 0.25) is 5.02 Å². The SMILES string of the molecule is CC(CC(F)(F)F)n1c(N)nc2cc(Cl)c(F)cc21. The van der Waals surface area contributed by atoms with Gasteiger partial charge >= 0.3 is 6.18 Å². The Morgan fingerprint density at radius 2 is 2.05 bits per heavy atom. The zero-order valence-corrected chi connectivity index (χ0v) is 10.6. The van der Waals surface area contributed by atoms with Gasteiger partial charge in [-0.1, -0.05) is 11.6 Å². The van der Waals surface area contributed by atoms with Gasteiger partial charge in [-0.25, -0.2) is 9.37 Å². The van der Waals surface area contributed by atoms with Crippen LogP contribution >= 0.6 is 11.6 Å². The first-order valence-corrected chi connectivity index (χ1v) is 5.76. The predicted molar refractivity (Wildman–Crippen MR) is 64.5 cm³/mol. The highest BCUT2D eigenvalue weighted by molar-refractivity contribution is 6.31. The maximum absolute atomic E-state index is 13.4. The summed E-state index contributed by atoms with van der Waals surface area (Å²) in [4.78, 5) is 3.89. The molecule has 2 rings (SSSR count). The van der Waals surface area contributed by atoms with Gasteiger partial charge in [-0.15, -0.1) is 0 Å². The molecule has 0 aliphatic heterocycles. The molecule has 0 radical (unpaired) electrons. The number of benzene rings is 1. The summed E-state index contributed by atoms with van der Waals surface area (Å²) < 4.78 is 51.8. The second kappa shape index (κ2) is 4.56. The van der Waals surface area contributed by atoms with Crippen LogP contribution in [0.3, 0.4) is 0 Å². The maximum Gasteiger partial charge on any atom is 0.391 e. The molecule has 0 saturated heterocycles. The normalized spacial score (nSPS) is 14.0. The van der Waals surface area contributed by atoms with Gasteiger partial charge in [0.05, 0.1) is 22.5 Å². The molecule has 1 atom stereocenters. The number of nitrogen functional groups attached to an aromatic ring is 1. The molecule has 1 unspecified atom stereocenters. The summed E-state index contributed by atoms with van der Waals surface area (Å²) in [5.41, 5.74) is 6.05. The van der Waals surface area contributed by atoms with Gasteiger partial charge in [0, 0.05) is 12.1 Å². The molecule has 0 aliphatic carbocycles. The van der Waals surface area contributed by atoms with E-state index in [1.54, 1.807) is 0 Å². The minimum Gasteiger partial charge on any atom is -0.369 e. The van der Waals surface area contributed by atoms with Crippen molar-refractivity contribution in [1.82, 2.24) is 9.55 Å². The third kappa shape index (κ3) is 2.75. The van der Waals surface area contributed by atoms with Crippen LogP contribution in [0.25, 0.3) is 11.0 Å². The predicted octanol–water partition coefficient (Wildman–Crippen LogP) is 3.92. The number of alkyl halides is 3. The van der Waals surface area contributed by atoms with Gasteiger partial charge in [0.2, 0.25) is 5.95 Å². The van der Waals surface area contributed by atoms with Crippen molar-refractivity contribution >= 4 is 28.6 Å². The van der Waals surface area contributed by atoms with Gasteiger partial charge in [0.25, 0.3) is 0 Å². The number of hydrogen-bond donors (Lipinski definition) is 1. The number of rotatable bonds is 2. The Morgan fingerprint density at radius 3 is 2.63 bits per heavy atom.